The minimum absolute atomic E-state index is 0.0573. The molecular formula is C27H32N2O6S. The summed E-state index contributed by atoms with van der Waals surface area (Å²) in [6.07, 6.45) is 0. The van der Waals surface area contributed by atoms with E-state index in [-0.39, 0.29) is 4.90 Å². The first-order valence-corrected chi connectivity index (χ1v) is 13.0. The lowest BCUT2D eigenvalue weighted by atomic mass is 10.1. The van der Waals surface area contributed by atoms with Gasteiger partial charge in [0.2, 0.25) is 5.91 Å². The molecule has 36 heavy (non-hydrogen) atoms. The lowest BCUT2D eigenvalue weighted by Crippen LogP contribution is -2.41. The Hall–Kier alpha value is -3.72. The second-order valence-corrected chi connectivity index (χ2v) is 10.0. The van der Waals surface area contributed by atoms with Crippen molar-refractivity contribution >= 4 is 21.6 Å². The average molecular weight is 513 g/mol. The fraction of sp³-hybridized carbons (Fsp3) is 0.296. The van der Waals surface area contributed by atoms with Crippen LogP contribution in [-0.2, 0) is 14.8 Å². The molecule has 0 unspecified atom stereocenters. The van der Waals surface area contributed by atoms with E-state index >= 15 is 0 Å². The maximum atomic E-state index is 13.6. The first-order chi connectivity index (χ1) is 17.2. The van der Waals surface area contributed by atoms with Crippen LogP contribution in [-0.4, -0.2) is 41.7 Å². The number of sulfonamides is 1. The fourth-order valence-electron chi connectivity index (χ4n) is 3.70. The summed E-state index contributed by atoms with van der Waals surface area (Å²) >= 11 is 0. The summed E-state index contributed by atoms with van der Waals surface area (Å²) in [7, 11) is -0.946. The number of methoxy groups -OCH3 is 2. The maximum absolute atomic E-state index is 13.6. The Bertz CT molecular complexity index is 1270. The molecule has 0 aliphatic rings. The van der Waals surface area contributed by atoms with Crippen LogP contribution >= 0.6 is 0 Å². The van der Waals surface area contributed by atoms with Gasteiger partial charge in [0.25, 0.3) is 10.0 Å². The monoisotopic (exact) mass is 512 g/mol. The Labute approximate surface area is 212 Å². The second kappa shape index (κ2) is 11.8. The van der Waals surface area contributed by atoms with Crippen molar-refractivity contribution in [3.63, 3.8) is 0 Å². The number of ether oxygens (including phenoxy) is 3. The highest BCUT2D eigenvalue weighted by Crippen LogP contribution is 2.30. The number of rotatable bonds is 11. The predicted octanol–water partition coefficient (Wildman–Crippen LogP) is 4.48. The standard InChI is InChI=1S/C27H32N2O6S/c1-6-35-22-11-14-24(15-12-22)36(31,32)29(21-9-7-19(2)8-10-21)18-27(30)28-20(3)25-17-23(33-4)13-16-26(25)34-5/h7-17,20H,6,18H2,1-5H3,(H,28,30)/t20-/m0/s1. The summed E-state index contributed by atoms with van der Waals surface area (Å²) in [6, 6.07) is 18.0. The van der Waals surface area contributed by atoms with Crippen molar-refractivity contribution in [1.82, 2.24) is 5.32 Å². The molecule has 0 saturated carbocycles. The molecule has 8 nitrogen and oxygen atoms in total. The number of anilines is 1. The molecule has 3 rings (SSSR count). The van der Waals surface area contributed by atoms with Gasteiger partial charge in [-0.1, -0.05) is 17.7 Å². The lowest BCUT2D eigenvalue weighted by molar-refractivity contribution is -0.120. The quantitative estimate of drug-likeness (QED) is 0.407. The number of carbonyl (C=O) groups excluding carboxylic acids is 1. The molecule has 0 fully saturated rings. The van der Waals surface area contributed by atoms with Crippen LogP contribution < -0.4 is 23.8 Å². The van der Waals surface area contributed by atoms with E-state index in [0.717, 1.165) is 9.87 Å². The molecule has 3 aromatic carbocycles. The van der Waals surface area contributed by atoms with Gasteiger partial charge in [0.1, 0.15) is 23.8 Å². The van der Waals surface area contributed by atoms with E-state index in [0.29, 0.717) is 35.1 Å². The number of hydrogen-bond donors (Lipinski definition) is 1. The summed E-state index contributed by atoms with van der Waals surface area (Å²) in [6.45, 7) is 5.62. The van der Waals surface area contributed by atoms with E-state index in [9.17, 15) is 13.2 Å². The van der Waals surface area contributed by atoms with Crippen LogP contribution in [0, 0.1) is 6.92 Å². The molecule has 0 radical (unpaired) electrons. The third kappa shape index (κ3) is 6.28. The van der Waals surface area contributed by atoms with Gasteiger partial charge in [-0.2, -0.15) is 0 Å². The minimum Gasteiger partial charge on any atom is -0.497 e. The second-order valence-electron chi connectivity index (χ2n) is 8.15. The predicted molar refractivity (Wildman–Crippen MR) is 139 cm³/mol. The van der Waals surface area contributed by atoms with E-state index in [1.54, 1.807) is 75.7 Å². The third-order valence-electron chi connectivity index (χ3n) is 5.61. The fourth-order valence-corrected chi connectivity index (χ4v) is 5.12. The highest BCUT2D eigenvalue weighted by Gasteiger charge is 2.28. The van der Waals surface area contributed by atoms with Gasteiger partial charge >= 0.3 is 0 Å². The Morgan fingerprint density at radius 1 is 0.944 bits per heavy atom. The molecule has 3 aromatic rings. The molecule has 0 aliphatic carbocycles. The largest absolute Gasteiger partial charge is 0.497 e. The summed E-state index contributed by atoms with van der Waals surface area (Å²) in [5.41, 5.74) is 2.07. The zero-order chi connectivity index (χ0) is 26.3. The molecule has 0 bridgehead atoms. The zero-order valence-electron chi connectivity index (χ0n) is 21.1. The first-order valence-electron chi connectivity index (χ1n) is 11.5. The molecule has 1 N–H and O–H groups in total. The molecule has 1 amide bonds. The van der Waals surface area contributed by atoms with Gasteiger partial charge in [0.05, 0.1) is 37.5 Å². The van der Waals surface area contributed by atoms with Crippen LogP contribution in [0.5, 0.6) is 17.2 Å². The number of aryl methyl sites for hydroxylation is 1. The van der Waals surface area contributed by atoms with Crippen molar-refractivity contribution in [3.8, 4) is 17.2 Å². The average Bonchev–Trinajstić information content (AvgIpc) is 2.88. The summed E-state index contributed by atoms with van der Waals surface area (Å²) in [5.74, 6) is 1.30. The summed E-state index contributed by atoms with van der Waals surface area (Å²) in [4.78, 5) is 13.2. The van der Waals surface area contributed by atoms with Gasteiger partial charge < -0.3 is 19.5 Å². The molecule has 9 heteroatoms. The van der Waals surface area contributed by atoms with E-state index in [1.165, 1.54) is 12.1 Å². The molecule has 0 saturated heterocycles. The molecule has 0 spiro atoms. The Morgan fingerprint density at radius 3 is 2.17 bits per heavy atom. The van der Waals surface area contributed by atoms with Gasteiger partial charge in [-0.25, -0.2) is 8.42 Å². The highest BCUT2D eigenvalue weighted by atomic mass is 32.2. The number of hydrogen-bond acceptors (Lipinski definition) is 6. The highest BCUT2D eigenvalue weighted by molar-refractivity contribution is 7.92. The van der Waals surface area contributed by atoms with Crippen LogP contribution in [0.25, 0.3) is 0 Å². The zero-order valence-corrected chi connectivity index (χ0v) is 22.0. The van der Waals surface area contributed by atoms with Crippen molar-refractivity contribution in [3.05, 3.63) is 77.9 Å². The Kier molecular flexibility index (Phi) is 8.82. The number of amides is 1. The van der Waals surface area contributed by atoms with Crippen LogP contribution in [0.3, 0.4) is 0 Å². The van der Waals surface area contributed by atoms with Gasteiger partial charge in [-0.15, -0.1) is 0 Å². The molecular weight excluding hydrogens is 480 g/mol. The van der Waals surface area contributed by atoms with Crippen molar-refractivity contribution in [1.29, 1.82) is 0 Å². The molecule has 1 atom stereocenters. The van der Waals surface area contributed by atoms with Crippen LogP contribution in [0.2, 0.25) is 0 Å². The van der Waals surface area contributed by atoms with Crippen molar-refractivity contribution in [2.45, 2.75) is 31.7 Å². The van der Waals surface area contributed by atoms with Crippen molar-refractivity contribution in [2.75, 3.05) is 31.7 Å². The third-order valence-corrected chi connectivity index (χ3v) is 7.40. The van der Waals surface area contributed by atoms with Gasteiger partial charge in [0.15, 0.2) is 0 Å². The minimum atomic E-state index is -4.05. The van der Waals surface area contributed by atoms with Crippen LogP contribution in [0.15, 0.2) is 71.6 Å². The lowest BCUT2D eigenvalue weighted by Gasteiger charge is -2.25. The first kappa shape index (κ1) is 26.9. The van der Waals surface area contributed by atoms with Gasteiger partial charge in [-0.3, -0.25) is 9.10 Å². The summed E-state index contributed by atoms with van der Waals surface area (Å²) in [5, 5.41) is 2.88. The molecule has 0 aromatic heterocycles. The van der Waals surface area contributed by atoms with Gasteiger partial charge in [0, 0.05) is 5.56 Å². The van der Waals surface area contributed by atoms with Crippen LogP contribution in [0.4, 0.5) is 5.69 Å². The maximum Gasteiger partial charge on any atom is 0.264 e. The van der Waals surface area contributed by atoms with E-state index in [2.05, 4.69) is 5.32 Å². The summed E-state index contributed by atoms with van der Waals surface area (Å²) < 4.78 is 44.5. The van der Waals surface area contributed by atoms with E-state index in [1.807, 2.05) is 13.8 Å². The Morgan fingerprint density at radius 2 is 1.58 bits per heavy atom. The Balaban J connectivity index is 1.89. The van der Waals surface area contributed by atoms with E-state index in [4.69, 9.17) is 14.2 Å². The number of carbonyl (C=O) groups is 1. The van der Waals surface area contributed by atoms with E-state index < -0.39 is 28.5 Å². The molecule has 0 heterocycles. The number of benzene rings is 3. The number of nitrogens with zero attached hydrogens (tertiary/aromatic N) is 1. The van der Waals surface area contributed by atoms with Crippen molar-refractivity contribution < 1.29 is 27.4 Å². The number of nitrogens with one attached hydrogen (secondary N) is 1. The normalized spacial score (nSPS) is 11.9. The van der Waals surface area contributed by atoms with Crippen LogP contribution in [0.1, 0.15) is 31.0 Å². The van der Waals surface area contributed by atoms with Crippen molar-refractivity contribution in [2.24, 2.45) is 0 Å². The smallest absolute Gasteiger partial charge is 0.264 e. The molecule has 0 aliphatic heterocycles. The van der Waals surface area contributed by atoms with Gasteiger partial charge in [-0.05, 0) is 75.4 Å². The topological polar surface area (TPSA) is 94.2 Å². The SMILES string of the molecule is CCOc1ccc(S(=O)(=O)N(CC(=O)N[C@@H](C)c2cc(OC)ccc2OC)c2ccc(C)cc2)cc1. The molecule has 192 valence electrons.